The molecule has 0 N–H and O–H groups in total. The number of ether oxygens (including phenoxy) is 1. The van der Waals surface area contributed by atoms with Crippen LogP contribution in [0.15, 0.2) is 72.1 Å². The Bertz CT molecular complexity index is 816. The van der Waals surface area contributed by atoms with Gasteiger partial charge in [0.25, 0.3) is 10.0 Å². The van der Waals surface area contributed by atoms with Crippen molar-refractivity contribution in [2.75, 3.05) is 17.5 Å². The van der Waals surface area contributed by atoms with E-state index in [1.165, 1.54) is 18.2 Å². The lowest BCUT2D eigenvalue weighted by atomic mass is 10.2. The Morgan fingerprint density at radius 3 is 2.38 bits per heavy atom. The Labute approximate surface area is 142 Å². The normalized spacial score (nSPS) is 10.9. The molecule has 0 saturated heterocycles. The van der Waals surface area contributed by atoms with Gasteiger partial charge in [-0.25, -0.2) is 13.2 Å². The number of rotatable bonds is 7. The van der Waals surface area contributed by atoms with E-state index < -0.39 is 16.0 Å². The van der Waals surface area contributed by atoms with Gasteiger partial charge in [0.2, 0.25) is 0 Å². The van der Waals surface area contributed by atoms with E-state index in [1.807, 2.05) is 0 Å². The molecule has 2 aromatic rings. The van der Waals surface area contributed by atoms with E-state index in [9.17, 15) is 13.2 Å². The Kier molecular flexibility index (Phi) is 5.76. The van der Waals surface area contributed by atoms with Crippen LogP contribution in [0.2, 0.25) is 0 Å². The van der Waals surface area contributed by atoms with Crippen molar-refractivity contribution in [1.82, 2.24) is 0 Å². The van der Waals surface area contributed by atoms with E-state index in [1.54, 1.807) is 49.4 Å². The predicted octanol–water partition coefficient (Wildman–Crippen LogP) is 3.24. The fourth-order valence-corrected chi connectivity index (χ4v) is 3.71. The molecule has 0 radical (unpaired) electrons. The summed E-state index contributed by atoms with van der Waals surface area (Å²) in [4.78, 5) is 12.3. The molecule has 24 heavy (non-hydrogen) atoms. The molecule has 0 spiro atoms. The Hall–Kier alpha value is -2.60. The van der Waals surface area contributed by atoms with Crippen molar-refractivity contribution >= 4 is 21.7 Å². The van der Waals surface area contributed by atoms with Crippen LogP contribution in [0.1, 0.15) is 17.3 Å². The molecular formula is C18H19NO4S. The minimum Gasteiger partial charge on any atom is -0.462 e. The number of nitrogens with zero attached hydrogens (tertiary/aromatic N) is 1. The minimum atomic E-state index is -3.83. The van der Waals surface area contributed by atoms with Crippen molar-refractivity contribution in [2.45, 2.75) is 11.8 Å². The smallest absolute Gasteiger partial charge is 0.340 e. The average molecular weight is 345 g/mol. The number of carbonyl (C=O) groups excluding carboxylic acids is 1. The van der Waals surface area contributed by atoms with Gasteiger partial charge in [-0.05, 0) is 31.2 Å². The Balaban J connectivity index is 2.57. The summed E-state index contributed by atoms with van der Waals surface area (Å²) in [5.41, 5.74) is 0.459. The number of para-hydroxylation sites is 1. The molecule has 0 aliphatic rings. The van der Waals surface area contributed by atoms with Gasteiger partial charge < -0.3 is 4.74 Å². The van der Waals surface area contributed by atoms with Gasteiger partial charge in [-0.15, -0.1) is 6.58 Å². The number of esters is 1. The maximum Gasteiger partial charge on any atom is 0.340 e. The highest BCUT2D eigenvalue weighted by Crippen LogP contribution is 2.27. The van der Waals surface area contributed by atoms with Crippen LogP contribution in [0, 0.1) is 0 Å². The van der Waals surface area contributed by atoms with Gasteiger partial charge >= 0.3 is 5.97 Å². The standard InChI is InChI=1S/C18H19NO4S/c1-3-14-19(24(21,22)15-10-6-5-7-11-15)17-13-9-8-12-16(17)18(20)23-4-2/h3,5-13H,1,4,14H2,2H3. The first-order valence-electron chi connectivity index (χ1n) is 7.47. The molecule has 0 bridgehead atoms. The highest BCUT2D eigenvalue weighted by molar-refractivity contribution is 7.92. The monoisotopic (exact) mass is 345 g/mol. The van der Waals surface area contributed by atoms with Gasteiger partial charge in [0.15, 0.2) is 0 Å². The van der Waals surface area contributed by atoms with Crippen LogP contribution in [0.4, 0.5) is 5.69 Å². The number of sulfonamides is 1. The summed E-state index contributed by atoms with van der Waals surface area (Å²) in [6.45, 7) is 5.56. The zero-order valence-electron chi connectivity index (χ0n) is 13.4. The van der Waals surface area contributed by atoms with Crippen molar-refractivity contribution in [2.24, 2.45) is 0 Å². The van der Waals surface area contributed by atoms with Gasteiger partial charge in [0, 0.05) is 0 Å². The average Bonchev–Trinajstić information content (AvgIpc) is 2.60. The number of hydrogen-bond donors (Lipinski definition) is 0. The summed E-state index contributed by atoms with van der Waals surface area (Å²) < 4.78 is 32.1. The third kappa shape index (κ3) is 3.65. The van der Waals surface area contributed by atoms with Crippen LogP contribution >= 0.6 is 0 Å². The van der Waals surface area contributed by atoms with E-state index in [0.29, 0.717) is 0 Å². The summed E-state index contributed by atoms with van der Waals surface area (Å²) in [7, 11) is -3.83. The maximum atomic E-state index is 13.0. The molecule has 0 saturated carbocycles. The summed E-state index contributed by atoms with van der Waals surface area (Å²) in [5, 5.41) is 0. The molecule has 0 fully saturated rings. The fourth-order valence-electron chi connectivity index (χ4n) is 2.24. The molecule has 0 unspecified atom stereocenters. The highest BCUT2D eigenvalue weighted by atomic mass is 32.2. The lowest BCUT2D eigenvalue weighted by Gasteiger charge is -2.25. The quantitative estimate of drug-likeness (QED) is 0.571. The second-order valence-electron chi connectivity index (χ2n) is 4.88. The van der Waals surface area contributed by atoms with E-state index >= 15 is 0 Å². The second kappa shape index (κ2) is 7.79. The number of carbonyl (C=O) groups is 1. The number of anilines is 1. The molecule has 126 valence electrons. The summed E-state index contributed by atoms with van der Waals surface area (Å²) >= 11 is 0. The molecule has 2 rings (SSSR count). The minimum absolute atomic E-state index is 0.0354. The van der Waals surface area contributed by atoms with Crippen LogP contribution in [-0.2, 0) is 14.8 Å². The first kappa shape index (κ1) is 17.7. The summed E-state index contributed by atoms with van der Waals surface area (Å²) in [6.07, 6.45) is 1.47. The van der Waals surface area contributed by atoms with Crippen molar-refractivity contribution in [3.63, 3.8) is 0 Å². The Morgan fingerprint density at radius 1 is 1.12 bits per heavy atom. The lowest BCUT2D eigenvalue weighted by Crippen LogP contribution is -2.32. The summed E-state index contributed by atoms with van der Waals surface area (Å²) in [6, 6.07) is 14.5. The Morgan fingerprint density at radius 2 is 1.75 bits per heavy atom. The largest absolute Gasteiger partial charge is 0.462 e. The van der Waals surface area contributed by atoms with Gasteiger partial charge in [0.05, 0.1) is 29.3 Å². The summed E-state index contributed by atoms with van der Waals surface area (Å²) in [5.74, 6) is -0.564. The van der Waals surface area contributed by atoms with E-state index in [-0.39, 0.29) is 29.3 Å². The first-order valence-corrected chi connectivity index (χ1v) is 8.91. The predicted molar refractivity (Wildman–Crippen MR) is 93.6 cm³/mol. The molecule has 2 aromatic carbocycles. The van der Waals surface area contributed by atoms with Crippen LogP contribution in [0.25, 0.3) is 0 Å². The van der Waals surface area contributed by atoms with E-state index in [0.717, 1.165) is 4.31 Å². The molecule has 0 aliphatic carbocycles. The molecule has 0 aliphatic heterocycles. The van der Waals surface area contributed by atoms with Crippen LogP contribution < -0.4 is 4.31 Å². The zero-order valence-corrected chi connectivity index (χ0v) is 14.2. The second-order valence-corrected chi connectivity index (χ2v) is 6.74. The van der Waals surface area contributed by atoms with E-state index in [4.69, 9.17) is 4.74 Å². The molecule has 6 heteroatoms. The van der Waals surface area contributed by atoms with Crippen LogP contribution in [0.3, 0.4) is 0 Å². The van der Waals surface area contributed by atoms with E-state index in [2.05, 4.69) is 6.58 Å². The zero-order chi connectivity index (χ0) is 17.6. The third-order valence-corrected chi connectivity index (χ3v) is 5.09. The number of benzene rings is 2. The van der Waals surface area contributed by atoms with Crippen molar-refractivity contribution in [3.05, 3.63) is 72.8 Å². The molecule has 0 atom stereocenters. The maximum absolute atomic E-state index is 13.0. The molecule has 0 aromatic heterocycles. The fraction of sp³-hybridized carbons (Fsp3) is 0.167. The van der Waals surface area contributed by atoms with Gasteiger partial charge in [0.1, 0.15) is 0 Å². The van der Waals surface area contributed by atoms with Gasteiger partial charge in [-0.2, -0.15) is 0 Å². The molecule has 5 nitrogen and oxygen atoms in total. The first-order chi connectivity index (χ1) is 11.5. The van der Waals surface area contributed by atoms with Crippen LogP contribution in [-0.4, -0.2) is 27.5 Å². The van der Waals surface area contributed by atoms with Crippen molar-refractivity contribution < 1.29 is 17.9 Å². The van der Waals surface area contributed by atoms with Crippen LogP contribution in [0.5, 0.6) is 0 Å². The van der Waals surface area contributed by atoms with Crippen molar-refractivity contribution in [3.8, 4) is 0 Å². The highest BCUT2D eigenvalue weighted by Gasteiger charge is 2.27. The molecule has 0 heterocycles. The third-order valence-electron chi connectivity index (χ3n) is 3.29. The SMILES string of the molecule is C=CCN(c1ccccc1C(=O)OCC)S(=O)(=O)c1ccccc1. The topological polar surface area (TPSA) is 63.7 Å². The van der Waals surface area contributed by atoms with Crippen molar-refractivity contribution in [1.29, 1.82) is 0 Å². The number of hydrogen-bond acceptors (Lipinski definition) is 4. The molecular weight excluding hydrogens is 326 g/mol. The van der Waals surface area contributed by atoms with Gasteiger partial charge in [-0.1, -0.05) is 36.4 Å². The van der Waals surface area contributed by atoms with Gasteiger partial charge in [-0.3, -0.25) is 4.31 Å². The molecule has 0 amide bonds. The lowest BCUT2D eigenvalue weighted by molar-refractivity contribution is 0.0527.